The van der Waals surface area contributed by atoms with Crippen LogP contribution in [0.1, 0.15) is 62.3 Å². The van der Waals surface area contributed by atoms with Gasteiger partial charge in [0.2, 0.25) is 47.3 Å². The minimum Gasteiger partial charge on any atom is -0.368 e. The Morgan fingerprint density at radius 1 is 0.707 bits per heavy atom. The van der Waals surface area contributed by atoms with Crippen LogP contribution in [0.25, 0.3) is 21.7 Å². The number of nitrogens with two attached hydrogens (primary N) is 3. The third-order valence-corrected chi connectivity index (χ3v) is 16.6. The predicted molar refractivity (Wildman–Crippen MR) is 321 cm³/mol. The van der Waals surface area contributed by atoms with E-state index in [0.29, 0.717) is 40.1 Å². The van der Waals surface area contributed by atoms with E-state index in [0.717, 1.165) is 43.3 Å². The third-order valence-electron chi connectivity index (χ3n) is 14.0. The molecule has 434 valence electrons. The van der Waals surface area contributed by atoms with Gasteiger partial charge in [-0.05, 0) is 94.9 Å². The lowest BCUT2D eigenvalue weighted by atomic mass is 9.85. The highest BCUT2D eigenvalue weighted by atomic mass is 35.5. The number of primary amides is 1. The van der Waals surface area contributed by atoms with E-state index >= 15 is 0 Å². The number of pyridine rings is 1. The maximum Gasteiger partial charge on any atom is 0.244 e. The lowest BCUT2D eigenvalue weighted by molar-refractivity contribution is -0.136. The molecule has 1 aliphatic rings. The molecule has 3 heterocycles. The molecule has 0 spiro atoms. The van der Waals surface area contributed by atoms with Crippen LogP contribution in [-0.4, -0.2) is 124 Å². The quantitative estimate of drug-likeness (QED) is 0.0462. The van der Waals surface area contributed by atoms with E-state index in [-0.39, 0.29) is 50.2 Å². The summed E-state index contributed by atoms with van der Waals surface area (Å²) in [4.78, 5) is 123. The molecule has 0 aliphatic carbocycles. The van der Waals surface area contributed by atoms with Gasteiger partial charge in [-0.25, -0.2) is 0 Å². The molecule has 1 aliphatic heterocycles. The average Bonchev–Trinajstić information content (AvgIpc) is 3.90. The van der Waals surface area contributed by atoms with Crippen molar-refractivity contribution in [2.75, 3.05) is 18.1 Å². The Kier molecular flexibility index (Phi) is 22.3. The Labute approximate surface area is 488 Å². The van der Waals surface area contributed by atoms with Crippen LogP contribution < -0.4 is 54.4 Å². The third kappa shape index (κ3) is 17.8. The molecule has 2 aromatic heterocycles. The second-order valence-corrected chi connectivity index (χ2v) is 24.4. The van der Waals surface area contributed by atoms with Gasteiger partial charge in [0.15, 0.2) is 0 Å². The van der Waals surface area contributed by atoms with E-state index < -0.39 is 101 Å². The Hall–Kier alpha value is -7.50. The monoisotopic (exact) mass is 1170 g/mol. The van der Waals surface area contributed by atoms with Gasteiger partial charge in [0.1, 0.15) is 42.3 Å². The first kappa shape index (κ1) is 62.1. The maximum absolute atomic E-state index is 14.9. The number of carbonyl (C=O) groups is 8. The van der Waals surface area contributed by atoms with Gasteiger partial charge in [0.05, 0.1) is 6.04 Å². The summed E-state index contributed by atoms with van der Waals surface area (Å²) in [5.74, 6) is -6.42. The largest absolute Gasteiger partial charge is 0.368 e. The maximum atomic E-state index is 14.9. The summed E-state index contributed by atoms with van der Waals surface area (Å²) < 4.78 is 0. The van der Waals surface area contributed by atoms with E-state index in [1.807, 2.05) is 66.7 Å². The molecular weight excluding hydrogens is 1100 g/mol. The molecule has 82 heavy (non-hydrogen) atoms. The first-order valence-corrected chi connectivity index (χ1v) is 29.9. The second kappa shape index (κ2) is 29.5. The van der Waals surface area contributed by atoms with Crippen molar-refractivity contribution >= 4 is 102 Å². The molecule has 20 nitrogen and oxygen atoms in total. The van der Waals surface area contributed by atoms with Crippen LogP contribution in [0.3, 0.4) is 0 Å². The molecule has 0 saturated carbocycles. The van der Waals surface area contributed by atoms with Gasteiger partial charge in [-0.1, -0.05) is 133 Å². The Morgan fingerprint density at radius 3 is 2.07 bits per heavy atom. The van der Waals surface area contributed by atoms with Gasteiger partial charge in [-0.3, -0.25) is 43.3 Å². The van der Waals surface area contributed by atoms with Crippen LogP contribution in [-0.2, 0) is 64.0 Å². The predicted octanol–water partition coefficient (Wildman–Crippen LogP) is 3.42. The standard InChI is InChI=1S/C59H71ClN12O8S2/c1-59(2,3)50-58(80)71-49(56(78)67-45(51(63)73)27-35-17-20-37-12-4-5-13-38(37)25-35)33-82-81-32-48(70-52(74)42(62)26-34-18-21-40(60)22-19-34)57(79)68-46(28-36-11-10-24-64-30-36)54(76)69-47(29-39-31-65-43-15-7-6-14-41(39)43)55(77)66-44(53(75)72-50)16-8-9-23-61/h4-7,10-15,17-22,24-25,30-31,42,44-50,65H,8-9,16,23,26-29,32-33,61-62H2,1-3H3,(H2,63,73)(H,66,77)(H,67,78)(H,68,79)(H,69,76)(H,70,74)(H,71,80)(H,72,75)/t42-,44-,45-,46+,47+,48+,49-,50+/m0/s1. The molecule has 0 radical (unpaired) electrons. The topological polar surface area (TPSA) is 328 Å². The van der Waals surface area contributed by atoms with Crippen molar-refractivity contribution in [3.63, 3.8) is 0 Å². The zero-order chi connectivity index (χ0) is 58.9. The van der Waals surface area contributed by atoms with Crippen molar-refractivity contribution in [2.24, 2.45) is 22.6 Å². The van der Waals surface area contributed by atoms with Crippen molar-refractivity contribution in [1.29, 1.82) is 0 Å². The molecular formula is C59H71ClN12O8S2. The highest BCUT2D eigenvalue weighted by Gasteiger charge is 2.39. The van der Waals surface area contributed by atoms with Crippen LogP contribution in [0.5, 0.6) is 0 Å². The SMILES string of the molecule is CC(C)(C)[C@@H]1NC(=O)[C@H](CCCCN)NC(=O)[C@@H](Cc2c[nH]c3ccccc23)NC(=O)[C@@H](Cc2cccnc2)NC(=O)[C@H](NC(=O)[C@@H](N)Cc2ccc(Cl)cc2)CSSC[C@@H](C(=O)N[C@@H](Cc2ccc3ccccc3c2)C(N)=O)NC1=O. The number of nitrogens with zero attached hydrogens (tertiary/aromatic N) is 1. The van der Waals surface area contributed by atoms with Crippen LogP contribution in [0.2, 0.25) is 5.02 Å². The first-order chi connectivity index (χ1) is 39.3. The van der Waals surface area contributed by atoms with Crippen molar-refractivity contribution in [2.45, 2.75) is 114 Å². The summed E-state index contributed by atoms with van der Waals surface area (Å²) in [6.45, 7) is 5.46. The van der Waals surface area contributed by atoms with E-state index in [1.54, 1.807) is 69.6 Å². The first-order valence-electron chi connectivity index (χ1n) is 27.0. The van der Waals surface area contributed by atoms with Crippen molar-refractivity contribution in [1.82, 2.24) is 47.2 Å². The number of para-hydroxylation sites is 1. The molecule has 7 rings (SSSR count). The number of fused-ring (bicyclic) bond motifs is 2. The molecule has 1 fully saturated rings. The van der Waals surface area contributed by atoms with Gasteiger partial charge in [0, 0.05) is 65.3 Å². The molecule has 8 amide bonds. The zero-order valence-electron chi connectivity index (χ0n) is 45.9. The fraction of sp³-hybridized carbons (Fsp3) is 0.373. The van der Waals surface area contributed by atoms with Crippen LogP contribution >= 0.6 is 33.2 Å². The fourth-order valence-corrected chi connectivity index (χ4v) is 11.8. The van der Waals surface area contributed by atoms with Crippen LogP contribution in [0, 0.1) is 5.41 Å². The smallest absolute Gasteiger partial charge is 0.244 e. The number of hydrogen-bond donors (Lipinski definition) is 11. The molecule has 14 N–H and O–H groups in total. The van der Waals surface area contributed by atoms with E-state index in [2.05, 4.69) is 47.2 Å². The van der Waals surface area contributed by atoms with Gasteiger partial charge >= 0.3 is 0 Å². The fourth-order valence-electron chi connectivity index (χ4n) is 9.39. The Bertz CT molecular complexity index is 3220. The number of H-pyrrole nitrogens is 1. The number of hydrogen-bond acceptors (Lipinski definition) is 13. The van der Waals surface area contributed by atoms with Crippen LogP contribution in [0.15, 0.2) is 122 Å². The Balaban J connectivity index is 1.26. The minimum absolute atomic E-state index is 0.0193. The van der Waals surface area contributed by atoms with Crippen molar-refractivity contribution in [3.8, 4) is 0 Å². The number of halogens is 1. The summed E-state index contributed by atoms with van der Waals surface area (Å²) in [7, 11) is 2.14. The average molecular weight is 1180 g/mol. The lowest BCUT2D eigenvalue weighted by Crippen LogP contribution is -2.63. The highest BCUT2D eigenvalue weighted by molar-refractivity contribution is 8.76. The van der Waals surface area contributed by atoms with E-state index in [9.17, 15) is 38.4 Å². The number of benzene rings is 4. The molecule has 6 aromatic rings. The number of unbranched alkanes of at least 4 members (excludes halogenated alkanes) is 1. The van der Waals surface area contributed by atoms with E-state index in [1.165, 1.54) is 6.20 Å². The molecule has 4 aromatic carbocycles. The lowest BCUT2D eigenvalue weighted by Gasteiger charge is -2.33. The number of amides is 8. The molecule has 0 bridgehead atoms. The summed E-state index contributed by atoms with van der Waals surface area (Å²) >= 11 is 6.12. The molecule has 1 saturated heterocycles. The van der Waals surface area contributed by atoms with Gasteiger partial charge in [0.25, 0.3) is 0 Å². The highest BCUT2D eigenvalue weighted by Crippen LogP contribution is 2.26. The van der Waals surface area contributed by atoms with Crippen molar-refractivity contribution in [3.05, 3.63) is 149 Å². The molecule has 0 unspecified atom stereocenters. The number of nitrogens with one attached hydrogen (secondary N) is 8. The molecule has 8 atom stereocenters. The summed E-state index contributed by atoms with van der Waals surface area (Å²) in [5, 5.41) is 22.9. The molecule has 23 heteroatoms. The number of carbonyl (C=O) groups excluding carboxylic acids is 8. The zero-order valence-corrected chi connectivity index (χ0v) is 48.3. The summed E-state index contributed by atoms with van der Waals surface area (Å²) in [6.07, 6.45) is 5.70. The van der Waals surface area contributed by atoms with Crippen molar-refractivity contribution < 1.29 is 38.4 Å². The number of rotatable bonds is 17. The number of aromatic amines is 1. The Morgan fingerprint density at radius 2 is 1.37 bits per heavy atom. The van der Waals surface area contributed by atoms with Gasteiger partial charge in [-0.2, -0.15) is 0 Å². The van der Waals surface area contributed by atoms with E-state index in [4.69, 9.17) is 28.8 Å². The van der Waals surface area contributed by atoms with Gasteiger partial charge < -0.3 is 59.4 Å². The summed E-state index contributed by atoms with van der Waals surface area (Å²) in [5.41, 5.74) is 20.7. The summed E-state index contributed by atoms with van der Waals surface area (Å²) in [6, 6.07) is 20.4. The minimum atomic E-state index is -1.39. The number of aromatic nitrogens is 2. The second-order valence-electron chi connectivity index (χ2n) is 21.4. The van der Waals surface area contributed by atoms with Crippen LogP contribution in [0.4, 0.5) is 0 Å². The van der Waals surface area contributed by atoms with Gasteiger partial charge in [-0.15, -0.1) is 0 Å². The normalized spacial score (nSPS) is 20.7.